The van der Waals surface area contributed by atoms with Gasteiger partial charge in [-0.1, -0.05) is 46.4 Å². The van der Waals surface area contributed by atoms with Crippen LogP contribution in [0.3, 0.4) is 0 Å². The minimum absolute atomic E-state index is 0.261. The van der Waals surface area contributed by atoms with Gasteiger partial charge < -0.3 is 9.47 Å². The fourth-order valence-corrected chi connectivity index (χ4v) is 1.51. The molecule has 0 saturated heterocycles. The van der Waals surface area contributed by atoms with Crippen LogP contribution in [0.4, 0.5) is 0 Å². The highest BCUT2D eigenvalue weighted by Crippen LogP contribution is 2.26. The van der Waals surface area contributed by atoms with Crippen molar-refractivity contribution in [2.24, 2.45) is 0 Å². The highest BCUT2D eigenvalue weighted by atomic mass is 35.6. The maximum absolute atomic E-state index is 11.3. The summed E-state index contributed by atoms with van der Waals surface area (Å²) in [4.78, 5) is 11.3. The van der Waals surface area contributed by atoms with Crippen LogP contribution in [0, 0.1) is 6.92 Å². The van der Waals surface area contributed by atoms with Gasteiger partial charge in [-0.25, -0.2) is 4.79 Å². The number of esters is 1. The molecule has 0 aromatic heterocycles. The van der Waals surface area contributed by atoms with E-state index < -0.39 is 9.76 Å². The molecule has 0 N–H and O–H groups in total. The van der Waals surface area contributed by atoms with Gasteiger partial charge in [0.25, 0.3) is 0 Å². The number of ether oxygens (including phenoxy) is 2. The third kappa shape index (κ3) is 6.01. The minimum atomic E-state index is -1.62. The molecule has 0 heterocycles. The zero-order valence-electron chi connectivity index (χ0n) is 9.38. The minimum Gasteiger partial charge on any atom is -0.482 e. The largest absolute Gasteiger partial charge is 0.482 e. The van der Waals surface area contributed by atoms with Gasteiger partial charge in [-0.05, 0) is 30.7 Å². The van der Waals surface area contributed by atoms with Gasteiger partial charge in [0.1, 0.15) is 12.4 Å². The number of halogens is 4. The second kappa shape index (κ2) is 6.71. The Hall–Kier alpha value is -0.350. The van der Waals surface area contributed by atoms with Gasteiger partial charge in [-0.3, -0.25) is 0 Å². The van der Waals surface area contributed by atoms with Crippen LogP contribution in [0.1, 0.15) is 5.56 Å². The van der Waals surface area contributed by atoms with Crippen LogP contribution in [0.15, 0.2) is 18.2 Å². The summed E-state index contributed by atoms with van der Waals surface area (Å²) in [6.07, 6.45) is 0. The third-order valence-corrected chi connectivity index (χ3v) is 2.44. The Bertz CT molecular complexity index is 429. The first-order valence-electron chi connectivity index (χ1n) is 4.89. The molecular weight excluding hydrogens is 322 g/mol. The number of rotatable bonds is 4. The molecule has 0 aliphatic rings. The average molecular weight is 332 g/mol. The topological polar surface area (TPSA) is 35.5 Å². The summed E-state index contributed by atoms with van der Waals surface area (Å²) in [6.45, 7) is 1.23. The molecule has 0 fully saturated rings. The average Bonchev–Trinajstić information content (AvgIpc) is 2.24. The first kappa shape index (κ1) is 15.7. The van der Waals surface area contributed by atoms with Crippen LogP contribution in [-0.2, 0) is 9.53 Å². The van der Waals surface area contributed by atoms with E-state index in [1.807, 2.05) is 6.92 Å². The SMILES string of the molecule is Cc1cc(Cl)ccc1OCC(=O)OCC(Cl)(Cl)Cl. The van der Waals surface area contributed by atoms with E-state index >= 15 is 0 Å². The summed E-state index contributed by atoms with van der Waals surface area (Å²) in [5.41, 5.74) is 0.816. The van der Waals surface area contributed by atoms with Crippen molar-refractivity contribution in [3.8, 4) is 5.75 Å². The second-order valence-corrected chi connectivity index (χ2v) is 6.43. The molecule has 3 nitrogen and oxygen atoms in total. The van der Waals surface area contributed by atoms with Gasteiger partial charge in [0.2, 0.25) is 3.79 Å². The lowest BCUT2D eigenvalue weighted by molar-refractivity contribution is -0.145. The molecule has 1 rings (SSSR count). The lowest BCUT2D eigenvalue weighted by Gasteiger charge is -2.12. The van der Waals surface area contributed by atoms with Crippen LogP contribution in [0.2, 0.25) is 5.02 Å². The first-order chi connectivity index (χ1) is 8.28. The third-order valence-electron chi connectivity index (χ3n) is 1.88. The van der Waals surface area contributed by atoms with Crippen LogP contribution in [-0.4, -0.2) is 23.0 Å². The predicted octanol–water partition coefficient (Wildman–Crippen LogP) is 3.94. The van der Waals surface area contributed by atoms with Crippen LogP contribution in [0.25, 0.3) is 0 Å². The Morgan fingerprint density at radius 2 is 2.00 bits per heavy atom. The maximum Gasteiger partial charge on any atom is 0.344 e. The number of alkyl halides is 3. The maximum atomic E-state index is 11.3. The normalized spacial score (nSPS) is 11.2. The summed E-state index contributed by atoms with van der Waals surface area (Å²) < 4.78 is 8.34. The Kier molecular flexibility index (Phi) is 5.86. The number of hydrogen-bond donors (Lipinski definition) is 0. The summed E-state index contributed by atoms with van der Waals surface area (Å²) in [6, 6.07) is 5.06. The summed E-state index contributed by atoms with van der Waals surface area (Å²) >= 11 is 22.1. The van der Waals surface area contributed by atoms with E-state index in [1.54, 1.807) is 18.2 Å². The zero-order valence-corrected chi connectivity index (χ0v) is 12.4. The lowest BCUT2D eigenvalue weighted by atomic mass is 10.2. The number of carbonyl (C=O) groups is 1. The number of carbonyl (C=O) groups excluding carboxylic acids is 1. The van der Waals surface area contributed by atoms with Gasteiger partial charge in [-0.15, -0.1) is 0 Å². The van der Waals surface area contributed by atoms with Crippen molar-refractivity contribution < 1.29 is 14.3 Å². The van der Waals surface area contributed by atoms with Crippen molar-refractivity contribution in [1.82, 2.24) is 0 Å². The molecule has 0 aliphatic heterocycles. The fraction of sp³-hybridized carbons (Fsp3) is 0.364. The van der Waals surface area contributed by atoms with Crippen LogP contribution >= 0.6 is 46.4 Å². The molecule has 0 aliphatic carbocycles. The fourth-order valence-electron chi connectivity index (χ4n) is 1.12. The summed E-state index contributed by atoms with van der Waals surface area (Å²) in [5, 5.41) is 0.596. The molecular formula is C11H10Cl4O3. The molecule has 0 amide bonds. The Morgan fingerprint density at radius 1 is 1.33 bits per heavy atom. The molecule has 1 aromatic rings. The van der Waals surface area contributed by atoms with Gasteiger partial charge >= 0.3 is 5.97 Å². The van der Waals surface area contributed by atoms with Gasteiger partial charge in [0.05, 0.1) is 0 Å². The van der Waals surface area contributed by atoms with Gasteiger partial charge in [-0.2, -0.15) is 0 Å². The van der Waals surface area contributed by atoms with Crippen molar-refractivity contribution in [1.29, 1.82) is 0 Å². The molecule has 18 heavy (non-hydrogen) atoms. The Morgan fingerprint density at radius 3 is 2.56 bits per heavy atom. The Labute approximate surface area is 125 Å². The van der Waals surface area contributed by atoms with Crippen molar-refractivity contribution in [2.75, 3.05) is 13.2 Å². The van der Waals surface area contributed by atoms with Gasteiger partial charge in [0.15, 0.2) is 6.61 Å². The molecule has 0 spiro atoms. The number of hydrogen-bond acceptors (Lipinski definition) is 3. The second-order valence-electron chi connectivity index (χ2n) is 3.47. The van der Waals surface area contributed by atoms with Gasteiger partial charge in [0, 0.05) is 5.02 Å². The molecule has 0 saturated carbocycles. The molecule has 7 heteroatoms. The summed E-state index contributed by atoms with van der Waals surface area (Å²) in [7, 11) is 0. The van der Waals surface area contributed by atoms with E-state index in [-0.39, 0.29) is 13.2 Å². The monoisotopic (exact) mass is 330 g/mol. The van der Waals surface area contributed by atoms with Crippen molar-refractivity contribution in [3.63, 3.8) is 0 Å². The highest BCUT2D eigenvalue weighted by Gasteiger charge is 2.22. The van der Waals surface area contributed by atoms with E-state index in [2.05, 4.69) is 0 Å². The standard InChI is InChI=1S/C11H10Cl4O3/c1-7-4-8(12)2-3-9(7)17-5-10(16)18-6-11(13,14)15/h2-4H,5-6H2,1H3. The van der Waals surface area contributed by atoms with E-state index in [0.717, 1.165) is 5.56 Å². The van der Waals surface area contributed by atoms with Crippen LogP contribution in [0.5, 0.6) is 5.75 Å². The molecule has 0 unspecified atom stereocenters. The summed E-state index contributed by atoms with van der Waals surface area (Å²) in [5.74, 6) is -0.0686. The lowest BCUT2D eigenvalue weighted by Crippen LogP contribution is -2.21. The van der Waals surface area contributed by atoms with E-state index in [0.29, 0.717) is 10.8 Å². The highest BCUT2D eigenvalue weighted by molar-refractivity contribution is 6.67. The van der Waals surface area contributed by atoms with Crippen LogP contribution < -0.4 is 4.74 Å². The molecule has 0 atom stereocenters. The smallest absolute Gasteiger partial charge is 0.344 e. The zero-order chi connectivity index (χ0) is 13.8. The van der Waals surface area contributed by atoms with E-state index in [1.165, 1.54) is 0 Å². The molecule has 0 bridgehead atoms. The Balaban J connectivity index is 2.43. The van der Waals surface area contributed by atoms with E-state index in [9.17, 15) is 4.79 Å². The number of aryl methyl sites for hydroxylation is 1. The molecule has 100 valence electrons. The van der Waals surface area contributed by atoms with Crippen molar-refractivity contribution in [3.05, 3.63) is 28.8 Å². The van der Waals surface area contributed by atoms with E-state index in [4.69, 9.17) is 55.9 Å². The number of benzene rings is 1. The molecule has 1 aromatic carbocycles. The van der Waals surface area contributed by atoms with Crippen molar-refractivity contribution in [2.45, 2.75) is 10.7 Å². The predicted molar refractivity (Wildman–Crippen MR) is 72.9 cm³/mol. The molecule has 0 radical (unpaired) electrons. The quantitative estimate of drug-likeness (QED) is 0.619. The van der Waals surface area contributed by atoms with Crippen molar-refractivity contribution >= 4 is 52.4 Å². The first-order valence-corrected chi connectivity index (χ1v) is 6.40.